The molecule has 0 atom stereocenters. The molecule has 0 bridgehead atoms. The summed E-state index contributed by atoms with van der Waals surface area (Å²) in [6.45, 7) is 3.11. The fourth-order valence-corrected chi connectivity index (χ4v) is 4.57. The zero-order valence-corrected chi connectivity index (χ0v) is 18.4. The Morgan fingerprint density at radius 2 is 1.91 bits per heavy atom. The van der Waals surface area contributed by atoms with Crippen LogP contribution in [0.2, 0.25) is 0 Å². The highest BCUT2D eigenvalue weighted by Crippen LogP contribution is 2.39. The highest BCUT2D eigenvalue weighted by molar-refractivity contribution is 7.88. The predicted octanol–water partition coefficient (Wildman–Crippen LogP) is 0.308. The molecule has 12 heteroatoms. The smallest absolute Gasteiger partial charge is 0.255 e. The van der Waals surface area contributed by atoms with E-state index in [9.17, 15) is 13.2 Å². The van der Waals surface area contributed by atoms with Gasteiger partial charge in [0.15, 0.2) is 11.6 Å². The van der Waals surface area contributed by atoms with Gasteiger partial charge in [0.05, 0.1) is 11.8 Å². The van der Waals surface area contributed by atoms with E-state index in [-0.39, 0.29) is 17.3 Å². The van der Waals surface area contributed by atoms with Crippen LogP contribution >= 0.6 is 0 Å². The summed E-state index contributed by atoms with van der Waals surface area (Å²) in [5, 5.41) is 5.91. The summed E-state index contributed by atoms with van der Waals surface area (Å²) < 4.78 is 30.4. The summed E-state index contributed by atoms with van der Waals surface area (Å²) in [5.74, 6) is 0.815. The average molecular weight is 460 g/mol. The van der Waals surface area contributed by atoms with Gasteiger partial charge in [-0.05, 0) is 12.1 Å². The number of nitrogen functional groups attached to an aromatic ring is 1. The van der Waals surface area contributed by atoms with Crippen LogP contribution in [-0.2, 0) is 10.0 Å². The van der Waals surface area contributed by atoms with Crippen molar-refractivity contribution in [2.75, 3.05) is 56.6 Å². The summed E-state index contributed by atoms with van der Waals surface area (Å²) in [6, 6.07) is 3.47. The SMILES string of the molecule is CS(=O)(=O)N1CCN(CCNC(=O)c2c(-c3ccnc4c3OC=CN4)ccnc2N)CC1. The zero-order chi connectivity index (χ0) is 22.7. The van der Waals surface area contributed by atoms with Crippen molar-refractivity contribution in [3.05, 3.63) is 42.6 Å². The number of piperazine rings is 1. The molecule has 2 aliphatic heterocycles. The Morgan fingerprint density at radius 3 is 2.66 bits per heavy atom. The Hall–Kier alpha value is -3.22. The molecule has 2 aromatic heterocycles. The first kappa shape index (κ1) is 22.0. The van der Waals surface area contributed by atoms with Gasteiger partial charge in [0.1, 0.15) is 12.1 Å². The maximum absolute atomic E-state index is 13.0. The molecule has 2 aromatic rings. The van der Waals surface area contributed by atoms with Crippen LogP contribution in [0.5, 0.6) is 5.75 Å². The third-order valence-electron chi connectivity index (χ3n) is 5.39. The van der Waals surface area contributed by atoms with Crippen LogP contribution in [0.25, 0.3) is 11.1 Å². The lowest BCUT2D eigenvalue weighted by molar-refractivity contribution is 0.0946. The van der Waals surface area contributed by atoms with Crippen molar-refractivity contribution >= 4 is 27.6 Å². The van der Waals surface area contributed by atoms with Crippen molar-refractivity contribution in [1.82, 2.24) is 24.5 Å². The molecule has 1 amide bonds. The van der Waals surface area contributed by atoms with Crippen molar-refractivity contribution in [1.29, 1.82) is 0 Å². The number of hydrogen-bond acceptors (Lipinski definition) is 9. The number of nitrogens with two attached hydrogens (primary N) is 1. The first-order valence-electron chi connectivity index (χ1n) is 10.1. The molecule has 0 aliphatic carbocycles. The van der Waals surface area contributed by atoms with Crippen LogP contribution in [-0.4, -0.2) is 79.0 Å². The maximum Gasteiger partial charge on any atom is 0.255 e. The summed E-state index contributed by atoms with van der Waals surface area (Å²) >= 11 is 0. The van der Waals surface area contributed by atoms with Gasteiger partial charge in [0.25, 0.3) is 5.91 Å². The second kappa shape index (κ2) is 9.10. The number of rotatable bonds is 6. The monoisotopic (exact) mass is 459 g/mol. The quantitative estimate of drug-likeness (QED) is 0.556. The number of amides is 1. The lowest BCUT2D eigenvalue weighted by atomic mass is 10.00. The number of sulfonamides is 1. The van der Waals surface area contributed by atoms with E-state index in [1.807, 2.05) is 0 Å². The Labute approximate surface area is 186 Å². The Bertz CT molecular complexity index is 1140. The minimum Gasteiger partial charge on any atom is -0.459 e. The molecule has 4 rings (SSSR count). The second-order valence-electron chi connectivity index (χ2n) is 7.48. The molecule has 170 valence electrons. The topological polar surface area (TPSA) is 143 Å². The minimum absolute atomic E-state index is 0.117. The third kappa shape index (κ3) is 4.66. The standard InChI is InChI=1S/C20H25N7O4S/c1-32(29,30)27-11-9-26(10-12-27)8-6-25-20(28)16-14(2-4-22-18(16)21)15-3-5-23-19-17(15)31-13-7-24-19/h2-5,7,13H,6,8-12H2,1H3,(H2,21,22)(H,23,24)(H,25,28). The summed E-state index contributed by atoms with van der Waals surface area (Å²) in [4.78, 5) is 23.5. The van der Waals surface area contributed by atoms with Crippen LogP contribution in [0, 0.1) is 0 Å². The molecule has 1 saturated heterocycles. The van der Waals surface area contributed by atoms with Gasteiger partial charge < -0.3 is 21.1 Å². The van der Waals surface area contributed by atoms with E-state index >= 15 is 0 Å². The van der Waals surface area contributed by atoms with Crippen molar-refractivity contribution in [2.45, 2.75) is 0 Å². The molecule has 0 radical (unpaired) electrons. The number of carbonyl (C=O) groups is 1. The third-order valence-corrected chi connectivity index (χ3v) is 6.69. The average Bonchev–Trinajstić information content (AvgIpc) is 2.78. The van der Waals surface area contributed by atoms with Gasteiger partial charge in [-0.15, -0.1) is 0 Å². The molecule has 1 fully saturated rings. The van der Waals surface area contributed by atoms with E-state index in [4.69, 9.17) is 10.5 Å². The molecular weight excluding hydrogens is 434 g/mol. The summed E-state index contributed by atoms with van der Waals surface area (Å²) in [7, 11) is -3.17. The number of nitrogens with zero attached hydrogens (tertiary/aromatic N) is 4. The van der Waals surface area contributed by atoms with Gasteiger partial charge in [-0.2, -0.15) is 4.31 Å². The molecule has 0 spiro atoms. The number of ether oxygens (including phenoxy) is 1. The van der Waals surface area contributed by atoms with Gasteiger partial charge in [-0.3, -0.25) is 9.69 Å². The molecule has 32 heavy (non-hydrogen) atoms. The first-order valence-corrected chi connectivity index (χ1v) is 12.0. The number of fused-ring (bicyclic) bond motifs is 1. The maximum atomic E-state index is 13.0. The van der Waals surface area contributed by atoms with Crippen LogP contribution < -0.4 is 21.1 Å². The van der Waals surface area contributed by atoms with Crippen LogP contribution in [0.4, 0.5) is 11.6 Å². The van der Waals surface area contributed by atoms with Crippen molar-refractivity contribution < 1.29 is 17.9 Å². The van der Waals surface area contributed by atoms with E-state index in [1.54, 1.807) is 30.7 Å². The van der Waals surface area contributed by atoms with E-state index in [2.05, 4.69) is 25.5 Å². The van der Waals surface area contributed by atoms with E-state index < -0.39 is 10.0 Å². The van der Waals surface area contributed by atoms with E-state index in [0.717, 1.165) is 0 Å². The Balaban J connectivity index is 1.45. The number of nitrogens with one attached hydrogen (secondary N) is 2. The zero-order valence-electron chi connectivity index (χ0n) is 17.6. The fraction of sp³-hybridized carbons (Fsp3) is 0.350. The number of hydrogen-bond donors (Lipinski definition) is 3. The van der Waals surface area contributed by atoms with Crippen molar-refractivity contribution in [2.24, 2.45) is 0 Å². The molecular formula is C20H25N7O4S. The molecule has 0 saturated carbocycles. The van der Waals surface area contributed by atoms with Gasteiger partial charge in [0, 0.05) is 69.0 Å². The first-order chi connectivity index (χ1) is 15.3. The number of carbonyl (C=O) groups excluding carboxylic acids is 1. The van der Waals surface area contributed by atoms with Crippen LogP contribution in [0.1, 0.15) is 10.4 Å². The largest absolute Gasteiger partial charge is 0.459 e. The van der Waals surface area contributed by atoms with E-state index in [1.165, 1.54) is 16.8 Å². The number of aromatic nitrogens is 2. The van der Waals surface area contributed by atoms with Crippen molar-refractivity contribution in [3.63, 3.8) is 0 Å². The van der Waals surface area contributed by atoms with Gasteiger partial charge >= 0.3 is 0 Å². The molecule has 4 heterocycles. The van der Waals surface area contributed by atoms with Gasteiger partial charge in [-0.25, -0.2) is 18.4 Å². The van der Waals surface area contributed by atoms with Gasteiger partial charge in [-0.1, -0.05) is 0 Å². The number of pyridine rings is 2. The lowest BCUT2D eigenvalue weighted by Crippen LogP contribution is -2.49. The van der Waals surface area contributed by atoms with E-state index in [0.29, 0.717) is 62.0 Å². The Kier molecular flexibility index (Phi) is 6.26. The second-order valence-corrected chi connectivity index (χ2v) is 9.46. The summed E-state index contributed by atoms with van der Waals surface area (Å²) in [5.41, 5.74) is 7.60. The molecule has 4 N–H and O–H groups in total. The van der Waals surface area contributed by atoms with Gasteiger partial charge in [0.2, 0.25) is 10.0 Å². The molecule has 2 aliphatic rings. The summed E-state index contributed by atoms with van der Waals surface area (Å²) in [6.07, 6.45) is 7.51. The normalized spacial score (nSPS) is 16.7. The van der Waals surface area contributed by atoms with Crippen molar-refractivity contribution in [3.8, 4) is 16.9 Å². The Morgan fingerprint density at radius 1 is 1.19 bits per heavy atom. The minimum atomic E-state index is -3.17. The highest BCUT2D eigenvalue weighted by Gasteiger charge is 2.24. The molecule has 11 nitrogen and oxygen atoms in total. The van der Waals surface area contributed by atoms with Crippen LogP contribution in [0.15, 0.2) is 37.0 Å². The lowest BCUT2D eigenvalue weighted by Gasteiger charge is -2.33. The fourth-order valence-electron chi connectivity index (χ4n) is 3.74. The number of anilines is 2. The van der Waals surface area contributed by atoms with Crippen LogP contribution in [0.3, 0.4) is 0 Å². The highest BCUT2D eigenvalue weighted by atomic mass is 32.2. The predicted molar refractivity (Wildman–Crippen MR) is 120 cm³/mol. The molecule has 0 unspecified atom stereocenters. The molecule has 0 aromatic carbocycles.